The van der Waals surface area contributed by atoms with Gasteiger partial charge in [-0.2, -0.15) is 0 Å². The normalized spacial score (nSPS) is 36.7. The van der Waals surface area contributed by atoms with Gasteiger partial charge < -0.3 is 14.9 Å². The number of fused-ring (bicyclic) bond motifs is 5. The predicted molar refractivity (Wildman–Crippen MR) is 107 cm³/mol. The van der Waals surface area contributed by atoms with Crippen LogP contribution >= 0.6 is 0 Å². The van der Waals surface area contributed by atoms with E-state index >= 15 is 0 Å². The largest absolute Gasteiger partial charge is 0.504 e. The highest BCUT2D eigenvalue weighted by atomic mass is 16.5. The molecule has 2 fully saturated rings. The molecule has 0 spiro atoms. The number of aliphatic hydroxyl groups is 1. The van der Waals surface area contributed by atoms with Crippen LogP contribution in [0.5, 0.6) is 11.5 Å². The molecule has 3 aliphatic rings. The van der Waals surface area contributed by atoms with Gasteiger partial charge >= 0.3 is 0 Å². The van der Waals surface area contributed by atoms with Crippen LogP contribution in [0.3, 0.4) is 0 Å². The number of rotatable bonds is 3. The van der Waals surface area contributed by atoms with Gasteiger partial charge in [-0.1, -0.05) is 19.8 Å². The van der Waals surface area contributed by atoms with Crippen LogP contribution < -0.4 is 4.74 Å². The Bertz CT molecular complexity index is 764. The SMILES string of the molecule is C#CC(O)[C@@H](C)C1CCC2C3CCc4cc(O)c(OC)cc4C3CC[C@@]21C. The lowest BCUT2D eigenvalue weighted by Crippen LogP contribution is -2.44. The highest BCUT2D eigenvalue weighted by Gasteiger charge is 2.56. The van der Waals surface area contributed by atoms with Gasteiger partial charge in [0.15, 0.2) is 11.5 Å². The molecule has 0 bridgehead atoms. The van der Waals surface area contributed by atoms with Crippen molar-refractivity contribution in [2.75, 3.05) is 7.11 Å². The van der Waals surface area contributed by atoms with E-state index in [9.17, 15) is 10.2 Å². The van der Waals surface area contributed by atoms with Crippen LogP contribution in [0.15, 0.2) is 12.1 Å². The van der Waals surface area contributed by atoms with Crippen LogP contribution in [0.1, 0.15) is 63.0 Å². The van der Waals surface area contributed by atoms with E-state index in [1.807, 2.05) is 6.07 Å². The maximum absolute atomic E-state index is 10.3. The molecule has 4 rings (SSSR count). The van der Waals surface area contributed by atoms with Crippen molar-refractivity contribution in [3.63, 3.8) is 0 Å². The number of methoxy groups -OCH3 is 1. The topological polar surface area (TPSA) is 49.7 Å². The highest BCUT2D eigenvalue weighted by Crippen LogP contribution is 2.64. The Morgan fingerprint density at radius 1 is 1.26 bits per heavy atom. The smallest absolute Gasteiger partial charge is 0.160 e. The summed E-state index contributed by atoms with van der Waals surface area (Å²) in [5, 5.41) is 20.4. The number of aryl methyl sites for hydroxylation is 1. The van der Waals surface area contributed by atoms with Crippen LogP contribution in [0.4, 0.5) is 0 Å². The Hall–Kier alpha value is -1.66. The lowest BCUT2D eigenvalue weighted by molar-refractivity contribution is -0.00815. The molecule has 1 aromatic carbocycles. The summed E-state index contributed by atoms with van der Waals surface area (Å²) in [4.78, 5) is 0. The Morgan fingerprint density at radius 3 is 2.74 bits per heavy atom. The summed E-state index contributed by atoms with van der Waals surface area (Å²) in [5.41, 5.74) is 2.96. The fourth-order valence-corrected chi connectivity index (χ4v) is 7.03. The first-order valence-electron chi connectivity index (χ1n) is 10.4. The Balaban J connectivity index is 1.64. The summed E-state index contributed by atoms with van der Waals surface area (Å²) < 4.78 is 5.39. The van der Waals surface area contributed by atoms with Gasteiger partial charge in [0.25, 0.3) is 0 Å². The number of aliphatic hydroxyl groups excluding tert-OH is 1. The molecule has 0 radical (unpaired) electrons. The maximum atomic E-state index is 10.3. The predicted octanol–water partition coefficient (Wildman–Crippen LogP) is 4.50. The lowest BCUT2D eigenvalue weighted by atomic mass is 9.53. The number of hydrogen-bond acceptors (Lipinski definition) is 3. The van der Waals surface area contributed by atoms with E-state index < -0.39 is 6.10 Å². The fourth-order valence-electron chi connectivity index (χ4n) is 7.03. The van der Waals surface area contributed by atoms with Gasteiger partial charge in [0, 0.05) is 0 Å². The van der Waals surface area contributed by atoms with Crippen molar-refractivity contribution in [2.45, 2.75) is 64.4 Å². The van der Waals surface area contributed by atoms with E-state index in [0.29, 0.717) is 29.4 Å². The molecule has 0 aliphatic heterocycles. The van der Waals surface area contributed by atoms with Crippen molar-refractivity contribution < 1.29 is 14.9 Å². The van der Waals surface area contributed by atoms with Crippen LogP contribution in [-0.4, -0.2) is 23.4 Å². The zero-order valence-corrected chi connectivity index (χ0v) is 16.7. The molecule has 3 nitrogen and oxygen atoms in total. The molecule has 7 atom stereocenters. The standard InChI is InChI=1S/C24H32O3/c1-5-21(25)14(2)19-8-9-20-17-7-6-15-12-22(26)23(27-4)13-18(15)16(17)10-11-24(19,20)3/h1,12-14,16-17,19-21,25-26H,6-11H2,2-4H3/t14-,16?,17?,19?,20?,21?,24+/m0/s1. The third kappa shape index (κ3) is 2.76. The first-order chi connectivity index (χ1) is 12.9. The first kappa shape index (κ1) is 18.7. The van der Waals surface area contributed by atoms with Crippen molar-refractivity contribution in [1.82, 2.24) is 0 Å². The van der Waals surface area contributed by atoms with E-state index in [4.69, 9.17) is 11.2 Å². The maximum Gasteiger partial charge on any atom is 0.160 e. The molecule has 0 heterocycles. The zero-order chi connectivity index (χ0) is 19.3. The number of phenols is 1. The average Bonchev–Trinajstić information content (AvgIpc) is 3.03. The molecule has 0 amide bonds. The summed E-state index contributed by atoms with van der Waals surface area (Å²) in [6, 6.07) is 4.00. The van der Waals surface area contributed by atoms with Crippen molar-refractivity contribution in [1.29, 1.82) is 0 Å². The van der Waals surface area contributed by atoms with Gasteiger partial charge in [-0.3, -0.25) is 0 Å². The van der Waals surface area contributed by atoms with Gasteiger partial charge in [-0.25, -0.2) is 0 Å². The van der Waals surface area contributed by atoms with Gasteiger partial charge in [-0.05, 0) is 96.8 Å². The fraction of sp³-hybridized carbons (Fsp3) is 0.667. The minimum absolute atomic E-state index is 0.162. The van der Waals surface area contributed by atoms with Gasteiger partial charge in [0.2, 0.25) is 0 Å². The molecule has 146 valence electrons. The average molecular weight is 369 g/mol. The van der Waals surface area contributed by atoms with Gasteiger partial charge in [-0.15, -0.1) is 6.42 Å². The van der Waals surface area contributed by atoms with Crippen molar-refractivity contribution >= 4 is 0 Å². The van der Waals surface area contributed by atoms with Crippen LogP contribution in [0.25, 0.3) is 0 Å². The van der Waals surface area contributed by atoms with E-state index in [1.54, 1.807) is 7.11 Å². The lowest BCUT2D eigenvalue weighted by Gasteiger charge is -2.52. The van der Waals surface area contributed by atoms with Crippen LogP contribution in [0.2, 0.25) is 0 Å². The number of aromatic hydroxyl groups is 1. The first-order valence-corrected chi connectivity index (χ1v) is 10.4. The quantitative estimate of drug-likeness (QED) is 0.772. The number of phenolic OH excluding ortho intramolecular Hbond substituents is 1. The molecule has 3 heteroatoms. The van der Waals surface area contributed by atoms with Crippen molar-refractivity contribution in [2.24, 2.45) is 29.1 Å². The Labute approximate surface area is 163 Å². The zero-order valence-electron chi connectivity index (χ0n) is 16.7. The Kier molecular flexibility index (Phi) is 4.67. The van der Waals surface area contributed by atoms with E-state index in [1.165, 1.54) is 43.2 Å². The summed E-state index contributed by atoms with van der Waals surface area (Å²) in [5.74, 6) is 6.02. The van der Waals surface area contributed by atoms with E-state index in [2.05, 4.69) is 25.8 Å². The molecule has 0 aromatic heterocycles. The second kappa shape index (κ2) is 6.74. The number of hydrogen-bond donors (Lipinski definition) is 2. The number of ether oxygens (including phenoxy) is 1. The minimum Gasteiger partial charge on any atom is -0.504 e. The third-order valence-electron chi connectivity index (χ3n) is 8.40. The van der Waals surface area contributed by atoms with Gasteiger partial charge in [0.1, 0.15) is 6.10 Å². The van der Waals surface area contributed by atoms with Crippen LogP contribution in [-0.2, 0) is 6.42 Å². The van der Waals surface area contributed by atoms with Crippen LogP contribution in [0, 0.1) is 41.4 Å². The molecular weight excluding hydrogens is 336 g/mol. The second-order valence-electron chi connectivity index (χ2n) is 9.34. The summed E-state index contributed by atoms with van der Waals surface area (Å²) >= 11 is 0. The second-order valence-corrected chi connectivity index (χ2v) is 9.34. The monoisotopic (exact) mass is 368 g/mol. The van der Waals surface area contributed by atoms with Crippen molar-refractivity contribution in [3.8, 4) is 23.8 Å². The molecule has 2 saturated carbocycles. The van der Waals surface area contributed by atoms with Gasteiger partial charge in [0.05, 0.1) is 7.11 Å². The molecule has 0 saturated heterocycles. The molecule has 5 unspecified atom stereocenters. The molecule has 1 aromatic rings. The third-order valence-corrected chi connectivity index (χ3v) is 8.40. The molecule has 3 aliphatic carbocycles. The minimum atomic E-state index is -0.636. The Morgan fingerprint density at radius 2 is 2.04 bits per heavy atom. The molecule has 27 heavy (non-hydrogen) atoms. The summed E-state index contributed by atoms with van der Waals surface area (Å²) in [7, 11) is 1.62. The van der Waals surface area contributed by atoms with E-state index in [-0.39, 0.29) is 17.1 Å². The molecular formula is C24H32O3. The molecule has 2 N–H and O–H groups in total. The summed E-state index contributed by atoms with van der Waals surface area (Å²) in [6.45, 7) is 4.59. The van der Waals surface area contributed by atoms with Crippen molar-refractivity contribution in [3.05, 3.63) is 23.3 Å². The number of terminal acetylenes is 1. The number of benzene rings is 1. The summed E-state index contributed by atoms with van der Waals surface area (Å²) in [6.07, 6.45) is 11.9. The highest BCUT2D eigenvalue weighted by molar-refractivity contribution is 5.49. The van der Waals surface area contributed by atoms with E-state index in [0.717, 1.165) is 6.42 Å².